The van der Waals surface area contributed by atoms with E-state index in [2.05, 4.69) is 29.2 Å². The van der Waals surface area contributed by atoms with E-state index < -0.39 is 0 Å². The molecule has 5 nitrogen and oxygen atoms in total. The average molecular weight is 355 g/mol. The highest BCUT2D eigenvalue weighted by atomic mass is 35.5. The van der Waals surface area contributed by atoms with E-state index in [0.717, 1.165) is 51.5 Å². The van der Waals surface area contributed by atoms with Gasteiger partial charge in [-0.3, -0.25) is 4.79 Å². The van der Waals surface area contributed by atoms with E-state index in [-0.39, 0.29) is 42.7 Å². The van der Waals surface area contributed by atoms with Crippen LogP contribution in [0, 0.1) is 5.92 Å². The van der Waals surface area contributed by atoms with Crippen molar-refractivity contribution in [1.82, 2.24) is 15.1 Å². The SMILES string of the molecule is CN(C)C1CCN(CCNC(=O)C2CCC(N)C2)CC1.Cl.Cl. The van der Waals surface area contributed by atoms with Gasteiger partial charge in [0.15, 0.2) is 0 Å². The molecule has 22 heavy (non-hydrogen) atoms. The molecule has 0 aromatic carbocycles. The summed E-state index contributed by atoms with van der Waals surface area (Å²) >= 11 is 0. The monoisotopic (exact) mass is 354 g/mol. The van der Waals surface area contributed by atoms with E-state index in [9.17, 15) is 4.79 Å². The summed E-state index contributed by atoms with van der Waals surface area (Å²) in [4.78, 5) is 16.8. The molecule has 2 atom stereocenters. The molecule has 2 unspecified atom stereocenters. The van der Waals surface area contributed by atoms with Crippen LogP contribution in [0.4, 0.5) is 0 Å². The zero-order valence-electron chi connectivity index (χ0n) is 13.8. The lowest BCUT2D eigenvalue weighted by molar-refractivity contribution is -0.124. The molecule has 0 radical (unpaired) electrons. The number of nitrogens with two attached hydrogens (primary N) is 1. The van der Waals surface area contributed by atoms with Gasteiger partial charge in [-0.25, -0.2) is 0 Å². The summed E-state index contributed by atoms with van der Waals surface area (Å²) in [5.74, 6) is 0.366. The van der Waals surface area contributed by atoms with Crippen molar-refractivity contribution in [2.45, 2.75) is 44.2 Å². The Bertz CT molecular complexity index is 323. The first-order valence-electron chi connectivity index (χ1n) is 7.98. The van der Waals surface area contributed by atoms with Gasteiger partial charge in [0.2, 0.25) is 5.91 Å². The average Bonchev–Trinajstić information content (AvgIpc) is 2.86. The van der Waals surface area contributed by atoms with Crippen molar-refractivity contribution in [3.63, 3.8) is 0 Å². The molecule has 1 aliphatic carbocycles. The summed E-state index contributed by atoms with van der Waals surface area (Å²) < 4.78 is 0. The summed E-state index contributed by atoms with van der Waals surface area (Å²) in [6.07, 6.45) is 5.29. The molecule has 1 saturated heterocycles. The van der Waals surface area contributed by atoms with Crippen molar-refractivity contribution in [2.75, 3.05) is 40.3 Å². The molecule has 3 N–H and O–H groups in total. The number of amides is 1. The van der Waals surface area contributed by atoms with Gasteiger partial charge in [-0.1, -0.05) is 0 Å². The maximum absolute atomic E-state index is 12.0. The summed E-state index contributed by atoms with van der Waals surface area (Å²) in [6.45, 7) is 4.04. The van der Waals surface area contributed by atoms with Crippen molar-refractivity contribution in [2.24, 2.45) is 11.7 Å². The standard InChI is InChI=1S/C15H30N4O.2ClH/c1-18(2)14-5-8-19(9-6-14)10-7-17-15(20)12-3-4-13(16)11-12;;/h12-14H,3-11,16H2,1-2H3,(H,17,20);2*1H. The number of carbonyl (C=O) groups excluding carboxylic acids is 1. The van der Waals surface area contributed by atoms with Crippen molar-refractivity contribution in [3.05, 3.63) is 0 Å². The topological polar surface area (TPSA) is 61.6 Å². The number of carbonyl (C=O) groups is 1. The third kappa shape index (κ3) is 6.59. The van der Waals surface area contributed by atoms with Crippen LogP contribution in [0.1, 0.15) is 32.1 Å². The van der Waals surface area contributed by atoms with Crippen molar-refractivity contribution in [1.29, 1.82) is 0 Å². The molecular weight excluding hydrogens is 323 g/mol. The minimum absolute atomic E-state index is 0. The van der Waals surface area contributed by atoms with E-state index >= 15 is 0 Å². The second-order valence-corrected chi connectivity index (χ2v) is 6.60. The van der Waals surface area contributed by atoms with E-state index in [0.29, 0.717) is 0 Å². The summed E-state index contributed by atoms with van der Waals surface area (Å²) in [6, 6.07) is 0.955. The third-order valence-electron chi connectivity index (χ3n) is 4.86. The predicted molar refractivity (Wildman–Crippen MR) is 96.0 cm³/mol. The lowest BCUT2D eigenvalue weighted by Crippen LogP contribution is -2.45. The Kier molecular flexibility index (Phi) is 10.6. The number of nitrogens with one attached hydrogen (secondary N) is 1. The molecule has 1 aliphatic heterocycles. The first kappa shape index (κ1) is 21.9. The number of likely N-dealkylation sites (tertiary alicyclic amines) is 1. The molecule has 1 saturated carbocycles. The molecule has 2 aliphatic rings. The largest absolute Gasteiger partial charge is 0.355 e. The van der Waals surface area contributed by atoms with Crippen molar-refractivity contribution < 1.29 is 4.79 Å². The van der Waals surface area contributed by atoms with Crippen LogP contribution in [0.25, 0.3) is 0 Å². The molecule has 2 rings (SSSR count). The molecule has 132 valence electrons. The number of halogens is 2. The van der Waals surface area contributed by atoms with Gasteiger partial charge < -0.3 is 20.9 Å². The van der Waals surface area contributed by atoms with Crippen molar-refractivity contribution in [3.8, 4) is 0 Å². The zero-order chi connectivity index (χ0) is 14.5. The normalized spacial score (nSPS) is 26.4. The van der Waals surface area contributed by atoms with Gasteiger partial charge in [-0.05, 0) is 59.3 Å². The summed E-state index contributed by atoms with van der Waals surface area (Å²) in [5.41, 5.74) is 5.85. The van der Waals surface area contributed by atoms with Crippen LogP contribution in [-0.2, 0) is 4.79 Å². The van der Waals surface area contributed by atoms with Gasteiger partial charge in [0.25, 0.3) is 0 Å². The molecular formula is C15H32Cl2N4O. The van der Waals surface area contributed by atoms with Gasteiger partial charge in [-0.15, -0.1) is 24.8 Å². The van der Waals surface area contributed by atoms with E-state index in [1.54, 1.807) is 0 Å². The van der Waals surface area contributed by atoms with Gasteiger partial charge in [0.1, 0.15) is 0 Å². The Morgan fingerprint density at radius 3 is 2.32 bits per heavy atom. The highest BCUT2D eigenvalue weighted by Gasteiger charge is 2.27. The van der Waals surface area contributed by atoms with Gasteiger partial charge in [0.05, 0.1) is 0 Å². The fraction of sp³-hybridized carbons (Fsp3) is 0.933. The third-order valence-corrected chi connectivity index (χ3v) is 4.86. The van der Waals surface area contributed by atoms with Crippen LogP contribution in [0.2, 0.25) is 0 Å². The van der Waals surface area contributed by atoms with Crippen LogP contribution in [0.5, 0.6) is 0 Å². The van der Waals surface area contributed by atoms with Gasteiger partial charge in [-0.2, -0.15) is 0 Å². The zero-order valence-corrected chi connectivity index (χ0v) is 15.4. The van der Waals surface area contributed by atoms with E-state index in [1.165, 1.54) is 12.8 Å². The Labute approximate surface area is 147 Å². The summed E-state index contributed by atoms with van der Waals surface area (Å²) in [7, 11) is 4.32. The molecule has 2 fully saturated rings. The first-order valence-corrected chi connectivity index (χ1v) is 7.98. The quantitative estimate of drug-likeness (QED) is 0.775. The Morgan fingerprint density at radius 1 is 1.18 bits per heavy atom. The van der Waals surface area contributed by atoms with Gasteiger partial charge >= 0.3 is 0 Å². The van der Waals surface area contributed by atoms with E-state index in [4.69, 9.17) is 5.73 Å². The molecule has 0 spiro atoms. The molecule has 1 heterocycles. The van der Waals surface area contributed by atoms with Gasteiger partial charge in [0, 0.05) is 31.1 Å². The highest BCUT2D eigenvalue weighted by molar-refractivity contribution is 5.85. The van der Waals surface area contributed by atoms with Crippen LogP contribution in [-0.4, -0.2) is 68.1 Å². The number of rotatable bonds is 5. The molecule has 0 aromatic rings. The smallest absolute Gasteiger partial charge is 0.223 e. The first-order chi connectivity index (χ1) is 9.56. The lowest BCUT2D eigenvalue weighted by atomic mass is 10.0. The molecule has 1 amide bonds. The second-order valence-electron chi connectivity index (χ2n) is 6.60. The predicted octanol–water partition coefficient (Wildman–Crippen LogP) is 1.10. The van der Waals surface area contributed by atoms with Crippen molar-refractivity contribution >= 4 is 30.7 Å². The fourth-order valence-electron chi connectivity index (χ4n) is 3.40. The molecule has 7 heteroatoms. The number of hydrogen-bond donors (Lipinski definition) is 2. The lowest BCUT2D eigenvalue weighted by Gasteiger charge is -2.35. The van der Waals surface area contributed by atoms with Crippen LogP contribution < -0.4 is 11.1 Å². The summed E-state index contributed by atoms with van der Waals surface area (Å²) in [5, 5.41) is 3.08. The highest BCUT2D eigenvalue weighted by Crippen LogP contribution is 2.23. The Hall–Kier alpha value is -0.0700. The molecule has 0 aromatic heterocycles. The van der Waals surface area contributed by atoms with E-state index in [1.807, 2.05) is 0 Å². The van der Waals surface area contributed by atoms with Crippen LogP contribution in [0.3, 0.4) is 0 Å². The Balaban J connectivity index is 0.00000220. The fourth-order valence-corrected chi connectivity index (χ4v) is 3.40. The van der Waals surface area contributed by atoms with Crippen LogP contribution in [0.15, 0.2) is 0 Å². The number of piperidine rings is 1. The Morgan fingerprint density at radius 2 is 1.82 bits per heavy atom. The minimum Gasteiger partial charge on any atom is -0.355 e. The maximum atomic E-state index is 12.0. The number of nitrogens with zero attached hydrogens (tertiary/aromatic N) is 2. The second kappa shape index (κ2) is 10.7. The number of hydrogen-bond acceptors (Lipinski definition) is 4. The molecule has 0 bridgehead atoms. The maximum Gasteiger partial charge on any atom is 0.223 e. The minimum atomic E-state index is 0. The van der Waals surface area contributed by atoms with Crippen LogP contribution >= 0.6 is 24.8 Å².